The summed E-state index contributed by atoms with van der Waals surface area (Å²) in [6, 6.07) is 5.54. The summed E-state index contributed by atoms with van der Waals surface area (Å²) in [5.74, 6) is -0.0780. The topological polar surface area (TPSA) is 38.3 Å². The van der Waals surface area contributed by atoms with Crippen molar-refractivity contribution < 1.29 is 9.53 Å². The van der Waals surface area contributed by atoms with Gasteiger partial charge in [0.05, 0.1) is 5.60 Å². The molecule has 0 aliphatic rings. The Morgan fingerprint density at radius 1 is 1.47 bits per heavy atom. The molecule has 4 heteroatoms. The summed E-state index contributed by atoms with van der Waals surface area (Å²) in [6.07, 6.45) is 0. The lowest BCUT2D eigenvalue weighted by Crippen LogP contribution is -2.39. The van der Waals surface area contributed by atoms with Crippen molar-refractivity contribution in [2.24, 2.45) is 0 Å². The van der Waals surface area contributed by atoms with Crippen molar-refractivity contribution in [1.82, 2.24) is 5.32 Å². The maximum Gasteiger partial charge on any atom is 0.251 e. The molecule has 1 N–H and O–H groups in total. The third kappa shape index (κ3) is 4.13. The fourth-order valence-electron chi connectivity index (χ4n) is 1.25. The molecule has 0 saturated heterocycles. The lowest BCUT2D eigenvalue weighted by atomic mass is 10.1. The van der Waals surface area contributed by atoms with Crippen molar-refractivity contribution >= 4 is 21.8 Å². The van der Waals surface area contributed by atoms with E-state index in [1.807, 2.05) is 32.9 Å². The normalized spacial score (nSPS) is 11.4. The lowest BCUT2D eigenvalue weighted by Gasteiger charge is -2.23. The summed E-state index contributed by atoms with van der Waals surface area (Å²) in [6.45, 7) is 6.30. The Kier molecular flexibility index (Phi) is 4.71. The van der Waals surface area contributed by atoms with E-state index >= 15 is 0 Å². The van der Waals surface area contributed by atoms with Gasteiger partial charge in [0.25, 0.3) is 5.91 Å². The quantitative estimate of drug-likeness (QED) is 0.928. The summed E-state index contributed by atoms with van der Waals surface area (Å²) in [5.41, 5.74) is 1.36. The number of carbonyl (C=O) groups is 1. The van der Waals surface area contributed by atoms with E-state index < -0.39 is 0 Å². The smallest absolute Gasteiger partial charge is 0.251 e. The van der Waals surface area contributed by atoms with Crippen molar-refractivity contribution in [1.29, 1.82) is 0 Å². The molecular formula is C13H18BrNO2. The molecule has 1 rings (SSSR count). The van der Waals surface area contributed by atoms with Gasteiger partial charge in [-0.3, -0.25) is 4.79 Å². The second-order valence-corrected chi connectivity index (χ2v) is 5.46. The molecule has 0 aromatic heterocycles. The van der Waals surface area contributed by atoms with E-state index in [1.165, 1.54) is 0 Å². The molecule has 94 valence electrons. The number of carbonyl (C=O) groups excluding carboxylic acids is 1. The molecule has 1 aromatic carbocycles. The molecule has 0 aliphatic heterocycles. The average molecular weight is 300 g/mol. The zero-order chi connectivity index (χ0) is 13.1. The third-order valence-corrected chi connectivity index (χ3v) is 3.54. The predicted molar refractivity (Wildman–Crippen MR) is 72.3 cm³/mol. The number of rotatable bonds is 4. The van der Waals surface area contributed by atoms with Gasteiger partial charge in [0, 0.05) is 23.7 Å². The fraction of sp³-hybridized carbons (Fsp3) is 0.462. The van der Waals surface area contributed by atoms with Crippen LogP contribution in [-0.4, -0.2) is 25.2 Å². The van der Waals surface area contributed by atoms with Gasteiger partial charge in [-0.15, -0.1) is 0 Å². The first-order chi connectivity index (χ1) is 7.85. The van der Waals surface area contributed by atoms with Crippen molar-refractivity contribution in [3.05, 3.63) is 33.8 Å². The Morgan fingerprint density at radius 3 is 2.65 bits per heavy atom. The number of aryl methyl sites for hydroxylation is 1. The molecular weight excluding hydrogens is 282 g/mol. The molecule has 3 nitrogen and oxygen atoms in total. The van der Waals surface area contributed by atoms with E-state index in [0.29, 0.717) is 12.1 Å². The van der Waals surface area contributed by atoms with Gasteiger partial charge < -0.3 is 10.1 Å². The van der Waals surface area contributed by atoms with E-state index in [0.717, 1.165) is 10.0 Å². The van der Waals surface area contributed by atoms with Gasteiger partial charge in [-0.05, 0) is 44.5 Å². The van der Waals surface area contributed by atoms with Crippen LogP contribution in [0.2, 0.25) is 0 Å². The minimum atomic E-state index is -0.347. The van der Waals surface area contributed by atoms with Crippen LogP contribution in [0, 0.1) is 6.92 Å². The minimum absolute atomic E-state index is 0.0780. The first-order valence-corrected chi connectivity index (χ1v) is 6.24. The Balaban J connectivity index is 2.68. The highest BCUT2D eigenvalue weighted by molar-refractivity contribution is 9.10. The highest BCUT2D eigenvalue weighted by Crippen LogP contribution is 2.17. The maximum atomic E-state index is 11.9. The van der Waals surface area contributed by atoms with Gasteiger partial charge in [0.2, 0.25) is 0 Å². The van der Waals surface area contributed by atoms with Crippen LogP contribution >= 0.6 is 15.9 Å². The van der Waals surface area contributed by atoms with Crippen LogP contribution in [0.25, 0.3) is 0 Å². The molecule has 0 bridgehead atoms. The zero-order valence-corrected chi connectivity index (χ0v) is 12.2. The molecule has 1 amide bonds. The second kappa shape index (κ2) is 5.65. The number of benzene rings is 1. The molecule has 0 unspecified atom stereocenters. The van der Waals surface area contributed by atoms with E-state index in [-0.39, 0.29) is 11.5 Å². The van der Waals surface area contributed by atoms with Crippen LogP contribution in [0.3, 0.4) is 0 Å². The van der Waals surface area contributed by atoms with Crippen LogP contribution in [0.4, 0.5) is 0 Å². The summed E-state index contributed by atoms with van der Waals surface area (Å²) in [5, 5.41) is 2.86. The van der Waals surface area contributed by atoms with Gasteiger partial charge in [0.15, 0.2) is 0 Å². The number of hydrogen-bond donors (Lipinski definition) is 1. The molecule has 17 heavy (non-hydrogen) atoms. The van der Waals surface area contributed by atoms with Crippen LogP contribution in [0.15, 0.2) is 22.7 Å². The number of ether oxygens (including phenoxy) is 1. The van der Waals surface area contributed by atoms with E-state index in [2.05, 4.69) is 21.2 Å². The minimum Gasteiger partial charge on any atom is -0.377 e. The zero-order valence-electron chi connectivity index (χ0n) is 10.6. The molecule has 0 fully saturated rings. The van der Waals surface area contributed by atoms with Crippen molar-refractivity contribution in [2.75, 3.05) is 13.7 Å². The van der Waals surface area contributed by atoms with Gasteiger partial charge in [-0.25, -0.2) is 0 Å². The molecule has 0 radical (unpaired) electrons. The number of hydrogen-bond acceptors (Lipinski definition) is 2. The predicted octanol–water partition coefficient (Wildman–Crippen LogP) is 2.91. The Hall–Kier alpha value is -0.870. The van der Waals surface area contributed by atoms with Gasteiger partial charge in [-0.1, -0.05) is 15.9 Å². The maximum absolute atomic E-state index is 11.9. The summed E-state index contributed by atoms with van der Waals surface area (Å²) >= 11 is 3.41. The Labute approximate surface area is 111 Å². The first kappa shape index (κ1) is 14.2. The van der Waals surface area contributed by atoms with Crippen molar-refractivity contribution in [2.45, 2.75) is 26.4 Å². The third-order valence-electron chi connectivity index (χ3n) is 2.65. The SMILES string of the molecule is COC(C)(C)CNC(=O)c1ccc(Br)c(C)c1. The molecule has 0 spiro atoms. The number of amides is 1. The Morgan fingerprint density at radius 2 is 2.12 bits per heavy atom. The van der Waals surface area contributed by atoms with Crippen molar-refractivity contribution in [3.8, 4) is 0 Å². The summed E-state index contributed by atoms with van der Waals surface area (Å²) < 4.78 is 6.25. The second-order valence-electron chi connectivity index (χ2n) is 4.61. The van der Waals surface area contributed by atoms with E-state index in [9.17, 15) is 4.79 Å². The molecule has 0 heterocycles. The van der Waals surface area contributed by atoms with Gasteiger partial charge in [-0.2, -0.15) is 0 Å². The van der Waals surface area contributed by atoms with E-state index in [1.54, 1.807) is 13.2 Å². The standard InChI is InChI=1S/C13H18BrNO2/c1-9-7-10(5-6-11(9)14)12(16)15-8-13(2,3)17-4/h5-7H,8H2,1-4H3,(H,15,16). The van der Waals surface area contributed by atoms with Crippen LogP contribution in [0.5, 0.6) is 0 Å². The fourth-order valence-corrected chi connectivity index (χ4v) is 1.50. The number of nitrogens with one attached hydrogen (secondary N) is 1. The number of halogens is 1. The first-order valence-electron chi connectivity index (χ1n) is 5.45. The molecule has 0 saturated carbocycles. The number of methoxy groups -OCH3 is 1. The average Bonchev–Trinajstić information content (AvgIpc) is 2.30. The molecule has 0 aliphatic carbocycles. The Bertz CT molecular complexity index is 416. The van der Waals surface area contributed by atoms with Gasteiger partial charge >= 0.3 is 0 Å². The monoisotopic (exact) mass is 299 g/mol. The molecule has 0 atom stereocenters. The highest BCUT2D eigenvalue weighted by Gasteiger charge is 2.17. The van der Waals surface area contributed by atoms with Gasteiger partial charge in [0.1, 0.15) is 0 Å². The largest absolute Gasteiger partial charge is 0.377 e. The van der Waals surface area contributed by atoms with Crippen LogP contribution < -0.4 is 5.32 Å². The lowest BCUT2D eigenvalue weighted by molar-refractivity contribution is 0.0229. The summed E-state index contributed by atoms with van der Waals surface area (Å²) in [4.78, 5) is 11.9. The van der Waals surface area contributed by atoms with Crippen LogP contribution in [0.1, 0.15) is 29.8 Å². The summed E-state index contributed by atoms with van der Waals surface area (Å²) in [7, 11) is 1.63. The van der Waals surface area contributed by atoms with Crippen LogP contribution in [-0.2, 0) is 4.74 Å². The van der Waals surface area contributed by atoms with E-state index in [4.69, 9.17) is 4.74 Å². The van der Waals surface area contributed by atoms with Crippen molar-refractivity contribution in [3.63, 3.8) is 0 Å². The highest BCUT2D eigenvalue weighted by atomic mass is 79.9. The molecule has 1 aromatic rings.